The third kappa shape index (κ3) is 185. The van der Waals surface area contributed by atoms with E-state index in [9.17, 15) is 0 Å². The summed E-state index contributed by atoms with van der Waals surface area (Å²) in [6.07, 6.45) is 13.6. The molecule has 0 atom stereocenters. The first kappa shape index (κ1) is 152. The number of hydrogen-bond acceptors (Lipinski definition) is 0. The molecule has 0 saturated heterocycles. The first-order valence-corrected chi connectivity index (χ1v) is 26.3. The molecule has 0 rings (SSSR count). The zero-order valence-corrected chi connectivity index (χ0v) is 81.8. The molecule has 0 bridgehead atoms. The summed E-state index contributed by atoms with van der Waals surface area (Å²) in [7, 11) is 0. The van der Waals surface area contributed by atoms with Crippen molar-refractivity contribution < 1.29 is 196 Å². The zero-order chi connectivity index (χ0) is 62.7. The summed E-state index contributed by atoms with van der Waals surface area (Å²) in [5.74, 6) is 0. The molecule has 0 unspecified atom stereocenters. The van der Waals surface area contributed by atoms with E-state index < -0.39 is 0 Å². The second kappa shape index (κ2) is 77.2. The second-order valence-electron chi connectivity index (χ2n) is 27.9. The smallest absolute Gasteiger partial charge is 0 e. The van der Waals surface area contributed by atoms with Crippen LogP contribution in [0.5, 0.6) is 0 Å². The summed E-state index contributed by atoms with van der Waals surface area (Å²) >= 11 is 0. The Balaban J connectivity index is -0.0000000239. The minimum atomic E-state index is 0. The molecule has 0 saturated carbocycles. The molecule has 0 heterocycles. The largest absolute Gasteiger partial charge is 0.498 e. The van der Waals surface area contributed by atoms with Crippen LogP contribution < -0.4 is 0 Å². The monoisotopic (exact) mass is 1600 g/mol. The van der Waals surface area contributed by atoms with Gasteiger partial charge in [-0.05, 0) is 59.2 Å². The van der Waals surface area contributed by atoms with Crippen molar-refractivity contribution >= 4 is 0 Å². The normalized spacial score (nSPS) is 9.54. The molecule has 0 fully saturated rings. The molecule has 0 aromatic carbocycles. The summed E-state index contributed by atoms with van der Waals surface area (Å²) in [4.78, 5) is 0. The van der Waals surface area contributed by atoms with Crippen LogP contribution in [0.15, 0.2) is 99.2 Å². The summed E-state index contributed by atoms with van der Waals surface area (Å²) in [6.45, 7) is 126. The Morgan fingerprint density at radius 3 is 0.354 bits per heavy atom. The maximum absolute atomic E-state index is 3.94. The van der Waals surface area contributed by atoms with E-state index in [1.54, 1.807) is 13.8 Å². The molecule has 0 aliphatic heterocycles. The van der Waals surface area contributed by atoms with Crippen molar-refractivity contribution in [3.8, 4) is 0 Å². The summed E-state index contributed by atoms with van der Waals surface area (Å²) in [5.41, 5.74) is 9.48. The van der Waals surface area contributed by atoms with Crippen molar-refractivity contribution in [2.24, 2.45) is 54.1 Å². The molecule has 0 spiro atoms. The molecular weight excluding hydrogens is 1450 g/mol. The fourth-order valence-corrected chi connectivity index (χ4v) is 1.06. The SMILES string of the molecule is C=C(C)C(C)(C)C.C=C(C)C(C)(C)C.C=C(CC)C(C)(C)C.C=C(CC)C(C)(C)C.C=C([CH2-])C(C)(C)C.C=C([CH2-])C(C)(C)C.C=[C-]C(C)(C)C.C=[C-]C(C)(C)C.C=[C-]C(C)(C)C.C=[C-]C(C)(C)C.[CH2-]C.[CH2-]C.[CH3-].[CH3-].[CH3-].[CH3-].[Y].[Y].[Y].[Y].[Y].[Y]. The third-order valence-electron chi connectivity index (χ3n) is 9.78. The molecule has 0 aromatic rings. The van der Waals surface area contributed by atoms with E-state index in [4.69, 9.17) is 0 Å². The maximum Gasteiger partial charge on any atom is 0 e. The average Bonchev–Trinajstić information content (AvgIpc) is 3.17. The van der Waals surface area contributed by atoms with Gasteiger partial charge in [0.15, 0.2) is 0 Å². The number of rotatable bonds is 2. The Hall–Kier alpha value is 3.76. The first-order chi connectivity index (χ1) is 31.0. The predicted octanol–water partition coefficient (Wildman–Crippen LogP) is 27.6. The molecule has 0 aliphatic rings. The Kier molecular flexibility index (Phi) is 143. The van der Waals surface area contributed by atoms with Gasteiger partial charge in [0.25, 0.3) is 0 Å². The van der Waals surface area contributed by atoms with E-state index in [1.807, 2.05) is 0 Å². The van der Waals surface area contributed by atoms with Crippen LogP contribution in [0, 0.1) is 136 Å². The van der Waals surface area contributed by atoms with Crippen LogP contribution in [-0.2, 0) is 196 Å². The van der Waals surface area contributed by atoms with E-state index in [-0.39, 0.29) is 258 Å². The van der Waals surface area contributed by atoms with Crippen molar-refractivity contribution in [3.05, 3.63) is 181 Å². The van der Waals surface area contributed by atoms with Gasteiger partial charge in [-0.15, -0.1) is 0 Å². The van der Waals surface area contributed by atoms with Gasteiger partial charge in [-0.2, -0.15) is 35.5 Å². The summed E-state index contributed by atoms with van der Waals surface area (Å²) in [6, 6.07) is 0. The molecule has 486 valence electrons. The van der Waals surface area contributed by atoms with Gasteiger partial charge in [0.2, 0.25) is 0 Å². The molecule has 0 nitrogen and oxygen atoms in total. The van der Waals surface area contributed by atoms with Crippen LogP contribution in [0.1, 0.15) is 262 Å². The average molecular weight is 1600 g/mol. The van der Waals surface area contributed by atoms with Crippen LogP contribution in [0.2, 0.25) is 0 Å². The van der Waals surface area contributed by atoms with Crippen LogP contribution in [0.4, 0.5) is 0 Å². The standard InChI is InChI=1S/2C8H16.2C7H14.2C7H13.4C6H11.2C2H5.4CH3.6Y/c2*1-6-7(2)8(3,4)5;4*1-6(2)7(3,4)5;4*1-5-6(2,3)4;2*1-2;;;;;;;;;;/h2*2,6H2,1,3-5H3;2*1H2,2-5H3;2*1-2H2,3-5H3;4*1H2,2-4H3;2*1H2,2H3;4*1H3;;;;;;/q;;;;12*-1;;;;;;. The van der Waals surface area contributed by atoms with E-state index in [0.717, 1.165) is 24.0 Å². The van der Waals surface area contributed by atoms with Gasteiger partial charge < -0.3 is 67.9 Å². The Labute approximate surface area is 683 Å². The second-order valence-corrected chi connectivity index (χ2v) is 27.9. The van der Waals surface area contributed by atoms with Crippen LogP contribution in [0.25, 0.3) is 0 Å². The fourth-order valence-electron chi connectivity index (χ4n) is 1.06. The van der Waals surface area contributed by atoms with Gasteiger partial charge in [-0.3, -0.25) is 26.3 Å². The first-order valence-electron chi connectivity index (χ1n) is 26.3. The zero-order valence-electron chi connectivity index (χ0n) is 64.8. The van der Waals surface area contributed by atoms with Crippen LogP contribution in [-0.4, -0.2) is 0 Å². The van der Waals surface area contributed by atoms with E-state index in [1.165, 1.54) is 22.3 Å². The van der Waals surface area contributed by atoms with E-state index in [2.05, 4.69) is 353 Å². The molecule has 0 amide bonds. The van der Waals surface area contributed by atoms with Crippen molar-refractivity contribution in [1.29, 1.82) is 0 Å². The molecule has 0 aliphatic carbocycles. The summed E-state index contributed by atoms with van der Waals surface area (Å²) in [5, 5.41) is 0. The quantitative estimate of drug-likeness (QED) is 0.191. The topological polar surface area (TPSA) is 0 Å². The van der Waals surface area contributed by atoms with Gasteiger partial charge in [-0.25, -0.2) is 38.2 Å². The molecular formula is C76H152Y6-12. The van der Waals surface area contributed by atoms with Gasteiger partial charge >= 0.3 is 0 Å². The molecule has 6 heteroatoms. The van der Waals surface area contributed by atoms with E-state index >= 15 is 0 Å². The molecule has 0 N–H and O–H groups in total. The van der Waals surface area contributed by atoms with Crippen molar-refractivity contribution in [2.45, 2.75) is 262 Å². The maximum atomic E-state index is 3.94. The Morgan fingerprint density at radius 1 is 0.280 bits per heavy atom. The molecule has 0 aromatic heterocycles. The van der Waals surface area contributed by atoms with Crippen molar-refractivity contribution in [3.63, 3.8) is 0 Å². The van der Waals surface area contributed by atoms with Gasteiger partial charge in [0, 0.05) is 196 Å². The predicted molar refractivity (Wildman–Crippen MR) is 375 cm³/mol. The number of hydrogen-bond donors (Lipinski definition) is 0. The number of allylic oxidation sites excluding steroid dienone is 10. The van der Waals surface area contributed by atoms with E-state index in [0.29, 0.717) is 21.7 Å². The van der Waals surface area contributed by atoms with Crippen LogP contribution >= 0.6 is 0 Å². The fraction of sp³-hybridized carbons (Fsp3) is 0.632. The van der Waals surface area contributed by atoms with Gasteiger partial charge in [0.05, 0.1) is 0 Å². The summed E-state index contributed by atoms with van der Waals surface area (Å²) < 4.78 is 0. The molecule has 82 heavy (non-hydrogen) atoms. The van der Waals surface area contributed by atoms with Crippen molar-refractivity contribution in [1.82, 2.24) is 0 Å². The minimum absolute atomic E-state index is 0. The van der Waals surface area contributed by atoms with Crippen molar-refractivity contribution in [2.75, 3.05) is 0 Å². The molecule has 6 radical (unpaired) electrons. The Morgan fingerprint density at radius 2 is 0.354 bits per heavy atom. The van der Waals surface area contributed by atoms with Gasteiger partial charge in [0.1, 0.15) is 0 Å². The van der Waals surface area contributed by atoms with Gasteiger partial charge in [-0.1, -0.05) is 270 Å². The third-order valence-corrected chi connectivity index (χ3v) is 9.78. The van der Waals surface area contributed by atoms with Crippen LogP contribution in [0.3, 0.4) is 0 Å². The Bertz CT molecular complexity index is 1200. The minimum Gasteiger partial charge on any atom is -0.498 e.